The molecule has 0 bridgehead atoms. The molecule has 0 aromatic heterocycles. The Morgan fingerprint density at radius 1 is 1.56 bits per heavy atom. The van der Waals surface area contributed by atoms with E-state index in [4.69, 9.17) is 4.74 Å². The molecule has 1 unspecified atom stereocenters. The lowest BCUT2D eigenvalue weighted by Crippen LogP contribution is -1.97. The van der Waals surface area contributed by atoms with E-state index in [1.807, 2.05) is 27.7 Å². The molecule has 0 fully saturated rings. The molecule has 1 rings (SSSR count). The van der Waals surface area contributed by atoms with Crippen molar-refractivity contribution in [2.24, 2.45) is 4.99 Å². The normalized spacial score (nSPS) is 23.6. The first kappa shape index (κ1) is 8.47. The minimum Gasteiger partial charge on any atom is -0.479 e. The van der Waals surface area contributed by atoms with Crippen LogP contribution in [0.25, 0.3) is 0 Å². The Morgan fingerprint density at radius 2 is 2.11 bits per heavy atom. The molecule has 0 aromatic rings. The van der Waals surface area contributed by atoms with Gasteiger partial charge in [-0.05, 0) is 6.92 Å². The number of ether oxygens (including phenoxy) is 1. The summed E-state index contributed by atoms with van der Waals surface area (Å²) in [6.45, 7) is 8.69. The van der Waals surface area contributed by atoms with Crippen molar-refractivity contribution in [3.8, 4) is 0 Å². The van der Waals surface area contributed by atoms with Crippen molar-refractivity contribution < 1.29 is 4.74 Å². The van der Waals surface area contributed by atoms with Gasteiger partial charge in [-0.25, -0.2) is 4.99 Å². The van der Waals surface area contributed by atoms with Gasteiger partial charge in [0.2, 0.25) is 0 Å². The van der Waals surface area contributed by atoms with Gasteiger partial charge in [-0.2, -0.15) is 0 Å². The van der Waals surface area contributed by atoms with Crippen molar-refractivity contribution in [3.63, 3.8) is 0 Å². The zero-order chi connectivity index (χ0) is 7.28. The van der Waals surface area contributed by atoms with Crippen LogP contribution in [0.15, 0.2) is 4.99 Å². The fraction of sp³-hybridized carbons (Fsp3) is 0.857. The number of nitrogens with zero attached hydrogens (tertiary/aromatic N) is 1. The minimum absolute atomic E-state index is 0.389. The fourth-order valence-corrected chi connectivity index (χ4v) is 0.626. The lowest BCUT2D eigenvalue weighted by molar-refractivity contribution is 0.321. The third-order valence-corrected chi connectivity index (χ3v) is 0.936. The maximum atomic E-state index is 5.02. The quantitative estimate of drug-likeness (QED) is 0.489. The summed E-state index contributed by atoms with van der Waals surface area (Å²) in [6, 6.07) is 0.389. The molecule has 0 saturated heterocycles. The molecule has 0 radical (unpaired) electrons. The molecular weight excluding hydrogens is 114 g/mol. The topological polar surface area (TPSA) is 21.6 Å². The van der Waals surface area contributed by atoms with E-state index in [1.165, 1.54) is 0 Å². The second-order valence-electron chi connectivity index (χ2n) is 1.81. The minimum atomic E-state index is 0.389. The molecule has 0 saturated carbocycles. The predicted octanol–water partition coefficient (Wildman–Crippen LogP) is 1.85. The molecule has 2 heteroatoms. The summed E-state index contributed by atoms with van der Waals surface area (Å²) in [5, 5.41) is 0. The molecule has 9 heavy (non-hydrogen) atoms. The molecule has 0 aliphatic carbocycles. The standard InChI is InChI=1S/C5H9NO.C2H6/c1-4-3-7-5(2)6-4;1-2/h4H,3H2,1-2H3;1-2H3. The lowest BCUT2D eigenvalue weighted by Gasteiger charge is -1.90. The summed E-state index contributed by atoms with van der Waals surface area (Å²) in [5.74, 6) is 0.826. The van der Waals surface area contributed by atoms with Gasteiger partial charge in [-0.15, -0.1) is 0 Å². The molecule has 0 amide bonds. The highest BCUT2D eigenvalue weighted by Gasteiger charge is 2.07. The molecule has 1 atom stereocenters. The lowest BCUT2D eigenvalue weighted by atomic mass is 10.4. The molecule has 2 nitrogen and oxygen atoms in total. The van der Waals surface area contributed by atoms with E-state index in [2.05, 4.69) is 4.99 Å². The largest absolute Gasteiger partial charge is 0.479 e. The van der Waals surface area contributed by atoms with Crippen molar-refractivity contribution >= 4 is 5.90 Å². The first-order valence-electron chi connectivity index (χ1n) is 3.46. The van der Waals surface area contributed by atoms with Crippen LogP contribution in [0, 0.1) is 0 Å². The first-order valence-corrected chi connectivity index (χ1v) is 3.46. The summed E-state index contributed by atoms with van der Waals surface area (Å²) in [7, 11) is 0. The zero-order valence-corrected chi connectivity index (χ0v) is 6.64. The molecule has 1 aliphatic heterocycles. The summed E-state index contributed by atoms with van der Waals surface area (Å²) in [5.41, 5.74) is 0. The number of aliphatic imine (C=N–C) groups is 1. The SMILES string of the molecule is CC.CC1=NC(C)CO1. The van der Waals surface area contributed by atoms with Crippen molar-refractivity contribution in [1.29, 1.82) is 0 Å². The zero-order valence-electron chi connectivity index (χ0n) is 6.64. The Morgan fingerprint density at radius 3 is 2.22 bits per heavy atom. The second-order valence-corrected chi connectivity index (χ2v) is 1.81. The highest BCUT2D eigenvalue weighted by Crippen LogP contribution is 2.00. The fourth-order valence-electron chi connectivity index (χ4n) is 0.626. The summed E-state index contributed by atoms with van der Waals surface area (Å²) in [6.07, 6.45) is 0. The Labute approximate surface area is 56.9 Å². The molecule has 1 aliphatic rings. The van der Waals surface area contributed by atoms with Crippen LogP contribution in [-0.2, 0) is 4.74 Å². The average molecular weight is 129 g/mol. The maximum absolute atomic E-state index is 5.02. The van der Waals surface area contributed by atoms with Crippen molar-refractivity contribution in [2.75, 3.05) is 6.61 Å². The van der Waals surface area contributed by atoms with Gasteiger partial charge in [0.1, 0.15) is 6.61 Å². The number of hydrogen-bond acceptors (Lipinski definition) is 2. The highest BCUT2D eigenvalue weighted by molar-refractivity contribution is 5.74. The molecule has 0 aromatic carbocycles. The van der Waals surface area contributed by atoms with Gasteiger partial charge >= 0.3 is 0 Å². The van der Waals surface area contributed by atoms with Gasteiger partial charge in [0.25, 0.3) is 0 Å². The van der Waals surface area contributed by atoms with Crippen LogP contribution in [0.2, 0.25) is 0 Å². The summed E-state index contributed by atoms with van der Waals surface area (Å²) >= 11 is 0. The predicted molar refractivity (Wildman–Crippen MR) is 39.9 cm³/mol. The van der Waals surface area contributed by atoms with E-state index in [0.717, 1.165) is 12.5 Å². The number of rotatable bonds is 0. The molecular formula is C7H15NO. The van der Waals surface area contributed by atoms with Gasteiger partial charge in [-0.1, -0.05) is 13.8 Å². The molecule has 0 spiro atoms. The van der Waals surface area contributed by atoms with E-state index < -0.39 is 0 Å². The van der Waals surface area contributed by atoms with Gasteiger partial charge in [0.05, 0.1) is 6.04 Å². The van der Waals surface area contributed by atoms with Gasteiger partial charge in [-0.3, -0.25) is 0 Å². The van der Waals surface area contributed by atoms with Crippen LogP contribution < -0.4 is 0 Å². The Kier molecular flexibility index (Phi) is 4.10. The third-order valence-electron chi connectivity index (χ3n) is 0.936. The van der Waals surface area contributed by atoms with E-state index in [0.29, 0.717) is 6.04 Å². The van der Waals surface area contributed by atoms with E-state index >= 15 is 0 Å². The molecule has 0 N–H and O–H groups in total. The van der Waals surface area contributed by atoms with E-state index in [1.54, 1.807) is 0 Å². The van der Waals surface area contributed by atoms with E-state index in [9.17, 15) is 0 Å². The van der Waals surface area contributed by atoms with Crippen LogP contribution in [0.3, 0.4) is 0 Å². The van der Waals surface area contributed by atoms with Gasteiger partial charge < -0.3 is 4.74 Å². The smallest absolute Gasteiger partial charge is 0.180 e. The second kappa shape index (κ2) is 4.36. The Bertz CT molecular complexity index is 99.1. The van der Waals surface area contributed by atoms with E-state index in [-0.39, 0.29) is 0 Å². The monoisotopic (exact) mass is 129 g/mol. The van der Waals surface area contributed by atoms with Crippen LogP contribution in [0.1, 0.15) is 27.7 Å². The van der Waals surface area contributed by atoms with Gasteiger partial charge in [0.15, 0.2) is 5.90 Å². The van der Waals surface area contributed by atoms with Crippen LogP contribution in [0.5, 0.6) is 0 Å². The van der Waals surface area contributed by atoms with Crippen molar-refractivity contribution in [2.45, 2.75) is 33.7 Å². The molecule has 1 heterocycles. The summed E-state index contributed by atoms with van der Waals surface area (Å²) in [4.78, 5) is 4.08. The third kappa shape index (κ3) is 3.12. The molecule has 54 valence electrons. The average Bonchev–Trinajstić information content (AvgIpc) is 2.20. The van der Waals surface area contributed by atoms with Crippen LogP contribution >= 0.6 is 0 Å². The first-order chi connectivity index (χ1) is 4.29. The van der Waals surface area contributed by atoms with Crippen molar-refractivity contribution in [3.05, 3.63) is 0 Å². The summed E-state index contributed by atoms with van der Waals surface area (Å²) < 4.78 is 5.02. The Balaban J connectivity index is 0.000000291. The van der Waals surface area contributed by atoms with Crippen LogP contribution in [-0.4, -0.2) is 18.5 Å². The van der Waals surface area contributed by atoms with Crippen LogP contribution in [0.4, 0.5) is 0 Å². The highest BCUT2D eigenvalue weighted by atomic mass is 16.5. The Hall–Kier alpha value is -0.530. The number of hydrogen-bond donors (Lipinski definition) is 0. The van der Waals surface area contributed by atoms with Crippen molar-refractivity contribution in [1.82, 2.24) is 0 Å². The maximum Gasteiger partial charge on any atom is 0.180 e. The van der Waals surface area contributed by atoms with Gasteiger partial charge in [0, 0.05) is 6.92 Å².